The van der Waals surface area contributed by atoms with E-state index < -0.39 is 0 Å². The third kappa shape index (κ3) is 4.31. The van der Waals surface area contributed by atoms with Crippen LogP contribution in [0.5, 0.6) is 0 Å². The zero-order valence-corrected chi connectivity index (χ0v) is 17.7. The summed E-state index contributed by atoms with van der Waals surface area (Å²) >= 11 is 1.54. The van der Waals surface area contributed by atoms with Crippen molar-refractivity contribution in [3.63, 3.8) is 0 Å². The number of aryl methyl sites for hydroxylation is 2. The monoisotopic (exact) mass is 391 g/mol. The minimum absolute atomic E-state index is 0.119. The van der Waals surface area contributed by atoms with Crippen LogP contribution < -0.4 is 10.2 Å². The summed E-state index contributed by atoms with van der Waals surface area (Å²) in [5.41, 5.74) is 5.62. The highest BCUT2D eigenvalue weighted by molar-refractivity contribution is 7.16. The first-order valence-corrected chi connectivity index (χ1v) is 9.97. The Bertz CT molecular complexity index is 1020. The van der Waals surface area contributed by atoms with Gasteiger partial charge in [-0.05, 0) is 55.7 Å². The predicted octanol–water partition coefficient (Wildman–Crippen LogP) is 5.74. The Morgan fingerprint density at radius 2 is 1.71 bits per heavy atom. The zero-order valence-electron chi connectivity index (χ0n) is 16.9. The van der Waals surface area contributed by atoms with E-state index in [1.807, 2.05) is 77.5 Å². The van der Waals surface area contributed by atoms with Crippen LogP contribution in [0.1, 0.15) is 31.9 Å². The maximum atomic E-state index is 13.0. The molecule has 0 spiro atoms. The maximum Gasteiger partial charge on any atom is 0.259 e. The van der Waals surface area contributed by atoms with Crippen LogP contribution >= 0.6 is 11.3 Å². The molecule has 0 unspecified atom stereocenters. The SMILES string of the molecule is Cc1ccccc1NC(=O)c1c(/N=C/c2ccc(N(C)C)cc2)sc(C)c1C. The highest BCUT2D eigenvalue weighted by Crippen LogP contribution is 2.35. The molecule has 3 aromatic rings. The van der Waals surface area contributed by atoms with E-state index in [2.05, 4.69) is 27.3 Å². The number of rotatable bonds is 5. The Morgan fingerprint density at radius 1 is 1.04 bits per heavy atom. The van der Waals surface area contributed by atoms with Gasteiger partial charge >= 0.3 is 0 Å². The molecule has 0 bridgehead atoms. The molecule has 1 heterocycles. The predicted molar refractivity (Wildman–Crippen MR) is 121 cm³/mol. The Kier molecular flexibility index (Phi) is 5.95. The summed E-state index contributed by atoms with van der Waals surface area (Å²) in [4.78, 5) is 20.8. The smallest absolute Gasteiger partial charge is 0.259 e. The molecule has 1 aromatic heterocycles. The fourth-order valence-electron chi connectivity index (χ4n) is 2.86. The molecule has 0 saturated heterocycles. The van der Waals surface area contributed by atoms with Gasteiger partial charge in [0.05, 0.1) is 5.56 Å². The fourth-order valence-corrected chi connectivity index (χ4v) is 3.86. The van der Waals surface area contributed by atoms with Crippen LogP contribution in [0.4, 0.5) is 16.4 Å². The number of hydrogen-bond acceptors (Lipinski definition) is 4. The maximum absolute atomic E-state index is 13.0. The number of anilines is 2. The number of aliphatic imine (C=N–C) groups is 1. The minimum atomic E-state index is -0.119. The summed E-state index contributed by atoms with van der Waals surface area (Å²) < 4.78 is 0. The molecule has 0 atom stereocenters. The number of nitrogens with zero attached hydrogens (tertiary/aromatic N) is 2. The molecule has 1 amide bonds. The molecule has 5 heteroatoms. The first-order chi connectivity index (χ1) is 13.4. The third-order valence-electron chi connectivity index (χ3n) is 4.73. The van der Waals surface area contributed by atoms with Gasteiger partial charge in [-0.25, -0.2) is 4.99 Å². The van der Waals surface area contributed by atoms with Crippen LogP contribution in [-0.2, 0) is 0 Å². The fraction of sp³-hybridized carbons (Fsp3) is 0.217. The second-order valence-corrected chi connectivity index (χ2v) is 8.18. The van der Waals surface area contributed by atoms with Gasteiger partial charge in [0.25, 0.3) is 5.91 Å². The zero-order chi connectivity index (χ0) is 20.3. The Balaban J connectivity index is 1.87. The lowest BCUT2D eigenvalue weighted by Gasteiger charge is -2.11. The second kappa shape index (κ2) is 8.40. The van der Waals surface area contributed by atoms with Gasteiger partial charge in [0, 0.05) is 36.6 Å². The van der Waals surface area contributed by atoms with Crippen molar-refractivity contribution in [2.45, 2.75) is 20.8 Å². The first-order valence-electron chi connectivity index (χ1n) is 9.15. The molecule has 0 aliphatic carbocycles. The molecule has 0 radical (unpaired) electrons. The van der Waals surface area contributed by atoms with Crippen molar-refractivity contribution in [1.29, 1.82) is 0 Å². The molecular weight excluding hydrogens is 366 g/mol. The number of carbonyl (C=O) groups excluding carboxylic acids is 1. The quantitative estimate of drug-likeness (QED) is 0.564. The standard InChI is InChI=1S/C23H25N3OS/c1-15-8-6-7-9-20(15)25-22(27)21-16(2)17(3)28-23(21)24-14-18-10-12-19(13-11-18)26(4)5/h6-14H,1-5H3,(H,25,27)/b24-14+. The molecule has 2 aromatic carbocycles. The van der Waals surface area contributed by atoms with Gasteiger partial charge in [0.2, 0.25) is 0 Å². The lowest BCUT2D eigenvalue weighted by Crippen LogP contribution is -2.13. The van der Waals surface area contributed by atoms with E-state index in [1.54, 1.807) is 11.3 Å². The number of benzene rings is 2. The van der Waals surface area contributed by atoms with Crippen LogP contribution in [0.25, 0.3) is 0 Å². The lowest BCUT2D eigenvalue weighted by molar-refractivity contribution is 0.102. The second-order valence-electron chi connectivity index (χ2n) is 6.98. The van der Waals surface area contributed by atoms with Crippen molar-refractivity contribution in [2.24, 2.45) is 4.99 Å². The number of carbonyl (C=O) groups is 1. The number of thiophene rings is 1. The van der Waals surface area contributed by atoms with Crippen LogP contribution in [0.3, 0.4) is 0 Å². The van der Waals surface area contributed by atoms with Crippen molar-refractivity contribution in [3.8, 4) is 0 Å². The summed E-state index contributed by atoms with van der Waals surface area (Å²) in [6, 6.07) is 15.9. The summed E-state index contributed by atoms with van der Waals surface area (Å²) in [7, 11) is 4.03. The molecule has 28 heavy (non-hydrogen) atoms. The van der Waals surface area contributed by atoms with Crippen molar-refractivity contribution >= 4 is 39.8 Å². The first kappa shape index (κ1) is 19.8. The van der Waals surface area contributed by atoms with E-state index in [1.165, 1.54) is 0 Å². The average Bonchev–Trinajstić information content (AvgIpc) is 2.96. The molecule has 3 rings (SSSR count). The van der Waals surface area contributed by atoms with E-state index in [4.69, 9.17) is 0 Å². The van der Waals surface area contributed by atoms with Crippen LogP contribution in [-0.4, -0.2) is 26.2 Å². The van der Waals surface area contributed by atoms with E-state index in [9.17, 15) is 4.79 Å². The summed E-state index contributed by atoms with van der Waals surface area (Å²) in [6.07, 6.45) is 1.81. The third-order valence-corrected chi connectivity index (χ3v) is 5.84. The molecule has 144 valence electrons. The van der Waals surface area contributed by atoms with E-state index >= 15 is 0 Å². The molecule has 4 nitrogen and oxygen atoms in total. The van der Waals surface area contributed by atoms with Gasteiger partial charge in [-0.3, -0.25) is 4.79 Å². The summed E-state index contributed by atoms with van der Waals surface area (Å²) in [5, 5.41) is 3.76. The molecule has 0 saturated carbocycles. The molecule has 0 aliphatic heterocycles. The van der Waals surface area contributed by atoms with Crippen molar-refractivity contribution < 1.29 is 4.79 Å². The molecule has 0 fully saturated rings. The van der Waals surface area contributed by atoms with Gasteiger partial charge in [0.1, 0.15) is 5.00 Å². The highest BCUT2D eigenvalue weighted by atomic mass is 32.1. The van der Waals surface area contributed by atoms with Crippen molar-refractivity contribution in [2.75, 3.05) is 24.3 Å². The Morgan fingerprint density at radius 3 is 2.36 bits per heavy atom. The normalized spacial score (nSPS) is 11.0. The van der Waals surface area contributed by atoms with Crippen molar-refractivity contribution in [3.05, 3.63) is 75.7 Å². The van der Waals surface area contributed by atoms with E-state index in [0.29, 0.717) is 5.56 Å². The number of hydrogen-bond donors (Lipinski definition) is 1. The van der Waals surface area contributed by atoms with Crippen LogP contribution in [0.15, 0.2) is 53.5 Å². The summed E-state index contributed by atoms with van der Waals surface area (Å²) in [5.74, 6) is -0.119. The van der Waals surface area contributed by atoms with E-state index in [0.717, 1.165) is 37.9 Å². The lowest BCUT2D eigenvalue weighted by atomic mass is 10.1. The van der Waals surface area contributed by atoms with E-state index in [-0.39, 0.29) is 5.91 Å². The van der Waals surface area contributed by atoms with Gasteiger partial charge in [-0.1, -0.05) is 30.3 Å². The van der Waals surface area contributed by atoms with Crippen LogP contribution in [0.2, 0.25) is 0 Å². The summed E-state index contributed by atoms with van der Waals surface area (Å²) in [6.45, 7) is 5.98. The molecule has 0 aliphatic rings. The van der Waals surface area contributed by atoms with Crippen LogP contribution in [0, 0.1) is 20.8 Å². The number of amides is 1. The van der Waals surface area contributed by atoms with Gasteiger partial charge in [-0.15, -0.1) is 11.3 Å². The van der Waals surface area contributed by atoms with Gasteiger partial charge in [0.15, 0.2) is 0 Å². The number of para-hydroxylation sites is 1. The molecule has 1 N–H and O–H groups in total. The Hall–Kier alpha value is -2.92. The highest BCUT2D eigenvalue weighted by Gasteiger charge is 2.19. The minimum Gasteiger partial charge on any atom is -0.378 e. The topological polar surface area (TPSA) is 44.7 Å². The number of nitrogens with one attached hydrogen (secondary N) is 1. The average molecular weight is 392 g/mol. The van der Waals surface area contributed by atoms with Gasteiger partial charge in [-0.2, -0.15) is 0 Å². The Labute approximate surface area is 170 Å². The molecular formula is C23H25N3OS. The van der Waals surface area contributed by atoms with Crippen molar-refractivity contribution in [1.82, 2.24) is 0 Å². The van der Waals surface area contributed by atoms with Gasteiger partial charge < -0.3 is 10.2 Å². The largest absolute Gasteiger partial charge is 0.378 e.